The molecule has 2 aromatic rings. The van der Waals surface area contributed by atoms with E-state index >= 15 is 0 Å². The zero-order chi connectivity index (χ0) is 10.8. The van der Waals surface area contributed by atoms with Crippen LogP contribution in [0.15, 0.2) is 23.8 Å². The Morgan fingerprint density at radius 2 is 2.20 bits per heavy atom. The Morgan fingerprint density at radius 1 is 1.40 bits per heavy atom. The van der Waals surface area contributed by atoms with Crippen LogP contribution in [-0.2, 0) is 6.42 Å². The molecule has 2 heteroatoms. The van der Waals surface area contributed by atoms with E-state index < -0.39 is 0 Å². The van der Waals surface area contributed by atoms with Gasteiger partial charge in [0.05, 0.1) is 15.2 Å². The molecule has 0 aliphatic carbocycles. The summed E-state index contributed by atoms with van der Waals surface area (Å²) in [5, 5.41) is 1.22. The van der Waals surface area contributed by atoms with E-state index in [0.717, 1.165) is 11.9 Å². The van der Waals surface area contributed by atoms with Crippen LogP contribution in [0, 0.1) is 0 Å². The van der Waals surface area contributed by atoms with Gasteiger partial charge in [-0.2, -0.15) is 0 Å². The Bertz CT molecular complexity index is 504. The van der Waals surface area contributed by atoms with Gasteiger partial charge in [-0.1, -0.05) is 30.7 Å². The minimum atomic E-state index is 1.02. The first kappa shape index (κ1) is 10.4. The van der Waals surface area contributed by atoms with Gasteiger partial charge in [-0.25, -0.2) is 4.98 Å². The number of hydrogen-bond donors (Lipinski definition) is 0. The van der Waals surface area contributed by atoms with Gasteiger partial charge in [-0.05, 0) is 31.9 Å². The predicted octanol–water partition coefficient (Wildman–Crippen LogP) is 4.28. The minimum absolute atomic E-state index is 1.02. The Morgan fingerprint density at radius 3 is 2.87 bits per heavy atom. The molecule has 0 fully saturated rings. The lowest BCUT2D eigenvalue weighted by Gasteiger charge is -1.95. The number of fused-ring (bicyclic) bond motifs is 1. The first-order valence-corrected chi connectivity index (χ1v) is 6.05. The van der Waals surface area contributed by atoms with Gasteiger partial charge in [0.15, 0.2) is 0 Å². The Hall–Kier alpha value is -1.15. The summed E-state index contributed by atoms with van der Waals surface area (Å²) in [6.45, 7) is 6.40. The largest absolute Gasteiger partial charge is 0.241 e. The van der Waals surface area contributed by atoms with Crippen molar-refractivity contribution < 1.29 is 0 Å². The summed E-state index contributed by atoms with van der Waals surface area (Å²) in [6.07, 6.45) is 3.24. The van der Waals surface area contributed by atoms with E-state index in [-0.39, 0.29) is 0 Å². The third kappa shape index (κ3) is 2.10. The number of aromatic nitrogens is 1. The smallest absolute Gasteiger partial charge is 0.0936 e. The number of benzene rings is 1. The molecule has 15 heavy (non-hydrogen) atoms. The summed E-state index contributed by atoms with van der Waals surface area (Å²) >= 11 is 1.81. The van der Waals surface area contributed by atoms with Crippen LogP contribution >= 0.6 is 11.3 Å². The molecule has 1 aromatic carbocycles. The van der Waals surface area contributed by atoms with Crippen LogP contribution in [0.25, 0.3) is 16.3 Å². The highest BCUT2D eigenvalue weighted by Crippen LogP contribution is 2.27. The molecule has 78 valence electrons. The second-order valence-electron chi connectivity index (χ2n) is 3.88. The molecule has 0 bridgehead atoms. The Balaban J connectivity index is 2.64. The van der Waals surface area contributed by atoms with Gasteiger partial charge in [0.25, 0.3) is 0 Å². The Kier molecular flexibility index (Phi) is 2.87. The molecular weight excluding hydrogens is 202 g/mol. The zero-order valence-electron chi connectivity index (χ0n) is 9.37. The maximum absolute atomic E-state index is 4.59. The van der Waals surface area contributed by atoms with Crippen molar-refractivity contribution in [3.8, 4) is 0 Å². The topological polar surface area (TPSA) is 12.9 Å². The van der Waals surface area contributed by atoms with E-state index in [1.54, 1.807) is 0 Å². The first-order valence-electron chi connectivity index (χ1n) is 5.24. The van der Waals surface area contributed by atoms with Gasteiger partial charge in [0.1, 0.15) is 0 Å². The lowest BCUT2D eigenvalue weighted by molar-refractivity contribution is 1.11. The maximum atomic E-state index is 4.59. The van der Waals surface area contributed by atoms with Crippen LogP contribution in [0.3, 0.4) is 0 Å². The highest BCUT2D eigenvalue weighted by molar-refractivity contribution is 7.18. The van der Waals surface area contributed by atoms with E-state index in [1.807, 2.05) is 11.3 Å². The van der Waals surface area contributed by atoms with Crippen molar-refractivity contribution in [1.29, 1.82) is 0 Å². The number of hydrogen-bond acceptors (Lipinski definition) is 2. The van der Waals surface area contributed by atoms with Gasteiger partial charge < -0.3 is 0 Å². The van der Waals surface area contributed by atoms with Crippen LogP contribution in [0.1, 0.15) is 31.3 Å². The van der Waals surface area contributed by atoms with Crippen molar-refractivity contribution in [3.05, 3.63) is 34.3 Å². The molecule has 0 unspecified atom stereocenters. The summed E-state index contributed by atoms with van der Waals surface area (Å²) in [5.74, 6) is 0. The molecule has 0 aliphatic heterocycles. The highest BCUT2D eigenvalue weighted by Gasteiger charge is 2.04. The molecule has 0 N–H and O–H groups in total. The quantitative estimate of drug-likeness (QED) is 0.731. The molecular formula is C13H15NS. The average Bonchev–Trinajstić information content (AvgIpc) is 2.61. The highest BCUT2D eigenvalue weighted by atomic mass is 32.1. The fourth-order valence-electron chi connectivity index (χ4n) is 1.59. The van der Waals surface area contributed by atoms with Crippen LogP contribution in [-0.4, -0.2) is 4.98 Å². The van der Waals surface area contributed by atoms with Crippen molar-refractivity contribution in [3.63, 3.8) is 0 Å². The van der Waals surface area contributed by atoms with Gasteiger partial charge in [-0.3, -0.25) is 0 Å². The summed E-state index contributed by atoms with van der Waals surface area (Å²) in [4.78, 5) is 4.59. The number of nitrogens with zero attached hydrogens (tertiary/aromatic N) is 1. The van der Waals surface area contributed by atoms with Gasteiger partial charge in [0, 0.05) is 0 Å². The van der Waals surface area contributed by atoms with Crippen molar-refractivity contribution in [1.82, 2.24) is 4.98 Å². The van der Waals surface area contributed by atoms with Crippen molar-refractivity contribution in [2.45, 2.75) is 27.2 Å². The van der Waals surface area contributed by atoms with Crippen LogP contribution in [0.2, 0.25) is 0 Å². The number of aryl methyl sites for hydroxylation is 1. The molecule has 0 aliphatic rings. The third-order valence-corrected chi connectivity index (χ3v) is 3.50. The van der Waals surface area contributed by atoms with Crippen molar-refractivity contribution in [2.24, 2.45) is 0 Å². The molecule has 0 saturated heterocycles. The van der Waals surface area contributed by atoms with E-state index in [4.69, 9.17) is 0 Å². The monoisotopic (exact) mass is 217 g/mol. The third-order valence-electron chi connectivity index (χ3n) is 2.24. The number of rotatable bonds is 2. The van der Waals surface area contributed by atoms with E-state index in [0.29, 0.717) is 0 Å². The molecule has 0 saturated carbocycles. The van der Waals surface area contributed by atoms with E-state index in [9.17, 15) is 0 Å². The van der Waals surface area contributed by atoms with Gasteiger partial charge in [0.2, 0.25) is 0 Å². The number of allylic oxidation sites excluding steroid dienone is 1. The maximum Gasteiger partial charge on any atom is 0.0936 e. The molecule has 0 radical (unpaired) electrons. The molecule has 0 spiro atoms. The van der Waals surface area contributed by atoms with Crippen molar-refractivity contribution in [2.75, 3.05) is 0 Å². The zero-order valence-corrected chi connectivity index (χ0v) is 10.2. The molecule has 1 aromatic heterocycles. The summed E-state index contributed by atoms with van der Waals surface area (Å²) in [5.41, 5.74) is 3.76. The SMILES string of the molecule is CCc1nc2cccc(C=C(C)C)c2s1. The summed E-state index contributed by atoms with van der Waals surface area (Å²) < 4.78 is 1.32. The fourth-order valence-corrected chi connectivity index (χ4v) is 2.58. The molecule has 1 heterocycles. The van der Waals surface area contributed by atoms with Crippen LogP contribution in [0.4, 0.5) is 0 Å². The van der Waals surface area contributed by atoms with Crippen LogP contribution < -0.4 is 0 Å². The minimum Gasteiger partial charge on any atom is -0.241 e. The average molecular weight is 217 g/mol. The molecule has 0 amide bonds. The van der Waals surface area contributed by atoms with E-state index in [2.05, 4.69) is 50.0 Å². The Labute approximate surface area is 94.5 Å². The van der Waals surface area contributed by atoms with Gasteiger partial charge >= 0.3 is 0 Å². The fraction of sp³-hybridized carbons (Fsp3) is 0.308. The normalized spacial score (nSPS) is 10.6. The van der Waals surface area contributed by atoms with Crippen molar-refractivity contribution >= 4 is 27.6 Å². The van der Waals surface area contributed by atoms with Gasteiger partial charge in [-0.15, -0.1) is 11.3 Å². The number of thiazole rings is 1. The first-order chi connectivity index (χ1) is 7.20. The standard InChI is InChI=1S/C13H15NS/c1-4-12-14-11-7-5-6-10(8-9(2)3)13(11)15-12/h5-8H,4H2,1-3H3. The molecule has 1 nitrogen and oxygen atoms in total. The van der Waals surface area contributed by atoms with Crippen LogP contribution in [0.5, 0.6) is 0 Å². The second kappa shape index (κ2) is 4.15. The van der Waals surface area contributed by atoms with E-state index in [1.165, 1.54) is 20.8 Å². The molecule has 2 rings (SSSR count). The lowest BCUT2D eigenvalue weighted by atomic mass is 10.1. The summed E-state index contributed by atoms with van der Waals surface area (Å²) in [7, 11) is 0. The summed E-state index contributed by atoms with van der Waals surface area (Å²) in [6, 6.07) is 6.33. The molecule has 0 atom stereocenters. The predicted molar refractivity (Wildman–Crippen MR) is 68.3 cm³/mol. The lowest BCUT2D eigenvalue weighted by Crippen LogP contribution is -1.75. The second-order valence-corrected chi connectivity index (χ2v) is 4.96.